The third kappa shape index (κ3) is 8.55. The minimum absolute atomic E-state index is 0.0756. The Morgan fingerprint density at radius 1 is 0.973 bits per heavy atom. The third-order valence-corrected chi connectivity index (χ3v) is 7.51. The maximum atomic E-state index is 12.7. The summed E-state index contributed by atoms with van der Waals surface area (Å²) in [4.78, 5) is 10.6. The van der Waals surface area contributed by atoms with Crippen LogP contribution in [0.15, 0.2) is 88.2 Å². The summed E-state index contributed by atoms with van der Waals surface area (Å²) in [7, 11) is -3.95. The van der Waals surface area contributed by atoms with Crippen molar-refractivity contribution in [2.45, 2.75) is 36.8 Å². The lowest BCUT2D eigenvalue weighted by Gasteiger charge is -2.12. The number of carbonyl (C=O) groups is 1. The number of rotatable bonds is 11. The SMILES string of the molecule is O=C(O)CCC/C=C(\c1ccc(CCNS(=O)(=O)c2ccc(C(F)(F)F)cc2)cc1)c1cccc(Br)c1. The monoisotopic (exact) mass is 595 g/mol. The molecule has 37 heavy (non-hydrogen) atoms. The smallest absolute Gasteiger partial charge is 0.416 e. The van der Waals surface area contributed by atoms with E-state index in [1.165, 1.54) is 0 Å². The van der Waals surface area contributed by atoms with Gasteiger partial charge in [-0.3, -0.25) is 4.79 Å². The summed E-state index contributed by atoms with van der Waals surface area (Å²) in [5, 5.41) is 8.90. The molecule has 0 aliphatic heterocycles. The van der Waals surface area contributed by atoms with Crippen LogP contribution in [0.2, 0.25) is 0 Å². The molecule has 0 fully saturated rings. The van der Waals surface area contributed by atoms with Crippen molar-refractivity contribution in [3.8, 4) is 0 Å². The number of hydrogen-bond acceptors (Lipinski definition) is 3. The Morgan fingerprint density at radius 3 is 2.24 bits per heavy atom. The number of alkyl halides is 3. The van der Waals surface area contributed by atoms with E-state index in [1.54, 1.807) is 0 Å². The number of sulfonamides is 1. The minimum atomic E-state index is -4.54. The summed E-state index contributed by atoms with van der Waals surface area (Å²) in [6.45, 7) is 0.0756. The Labute approximate surface area is 222 Å². The molecule has 0 aliphatic rings. The highest BCUT2D eigenvalue weighted by atomic mass is 79.9. The molecule has 0 heterocycles. The molecule has 5 nitrogen and oxygen atoms in total. The van der Waals surface area contributed by atoms with Gasteiger partial charge in [0.25, 0.3) is 0 Å². The van der Waals surface area contributed by atoms with Crippen LogP contribution in [0.1, 0.15) is 41.5 Å². The van der Waals surface area contributed by atoms with Gasteiger partial charge in [-0.25, -0.2) is 13.1 Å². The fourth-order valence-electron chi connectivity index (χ4n) is 3.65. The number of nitrogens with one attached hydrogen (secondary N) is 1. The molecule has 196 valence electrons. The van der Waals surface area contributed by atoms with Gasteiger partial charge in [0.15, 0.2) is 0 Å². The van der Waals surface area contributed by atoms with Crippen LogP contribution in [0.25, 0.3) is 5.57 Å². The zero-order valence-corrected chi connectivity index (χ0v) is 22.0. The van der Waals surface area contributed by atoms with Crippen LogP contribution in [0.3, 0.4) is 0 Å². The van der Waals surface area contributed by atoms with Gasteiger partial charge in [-0.15, -0.1) is 0 Å². The lowest BCUT2D eigenvalue weighted by molar-refractivity contribution is -0.138. The van der Waals surface area contributed by atoms with Gasteiger partial charge in [-0.1, -0.05) is 58.4 Å². The van der Waals surface area contributed by atoms with E-state index in [4.69, 9.17) is 5.11 Å². The number of allylic oxidation sites excluding steroid dienone is 1. The van der Waals surface area contributed by atoms with Crippen LogP contribution >= 0.6 is 15.9 Å². The van der Waals surface area contributed by atoms with Crippen molar-refractivity contribution in [2.75, 3.05) is 6.54 Å². The number of aliphatic carboxylic acids is 1. The van der Waals surface area contributed by atoms with E-state index in [-0.39, 0.29) is 17.9 Å². The molecule has 0 aromatic heterocycles. The molecular weight excluding hydrogens is 571 g/mol. The number of unbranched alkanes of at least 4 members (excludes halogenated alkanes) is 1. The third-order valence-electron chi connectivity index (χ3n) is 5.54. The fourth-order valence-corrected chi connectivity index (χ4v) is 5.08. The van der Waals surface area contributed by atoms with Crippen molar-refractivity contribution in [3.05, 3.63) is 106 Å². The maximum Gasteiger partial charge on any atom is 0.416 e. The Kier molecular flexibility index (Phi) is 9.69. The van der Waals surface area contributed by atoms with Gasteiger partial charge in [-0.05, 0) is 77.9 Å². The van der Waals surface area contributed by atoms with Crippen LogP contribution in [0, 0.1) is 0 Å². The fraction of sp³-hybridized carbons (Fsp3) is 0.222. The molecule has 0 unspecified atom stereocenters. The Morgan fingerprint density at radius 2 is 1.65 bits per heavy atom. The number of halogens is 4. The van der Waals surface area contributed by atoms with Gasteiger partial charge in [0.2, 0.25) is 10.0 Å². The highest BCUT2D eigenvalue weighted by Gasteiger charge is 2.30. The molecule has 0 radical (unpaired) electrons. The molecule has 0 aliphatic carbocycles. The quantitative estimate of drug-likeness (QED) is 0.242. The molecule has 3 aromatic rings. The second kappa shape index (κ2) is 12.5. The molecule has 0 amide bonds. The number of benzene rings is 3. The van der Waals surface area contributed by atoms with E-state index < -0.39 is 27.7 Å². The molecule has 0 bridgehead atoms. The van der Waals surface area contributed by atoms with Crippen molar-refractivity contribution in [3.63, 3.8) is 0 Å². The van der Waals surface area contributed by atoms with Crippen LogP contribution in [0.4, 0.5) is 13.2 Å². The van der Waals surface area contributed by atoms with E-state index in [0.29, 0.717) is 19.3 Å². The minimum Gasteiger partial charge on any atom is -0.481 e. The summed E-state index contributed by atoms with van der Waals surface area (Å²) in [6.07, 6.45) is -0.936. The highest BCUT2D eigenvalue weighted by molar-refractivity contribution is 9.10. The van der Waals surface area contributed by atoms with Gasteiger partial charge >= 0.3 is 12.1 Å². The molecule has 3 rings (SSSR count). The molecular formula is C27H25BrF3NO4S. The zero-order chi connectivity index (χ0) is 27.1. The van der Waals surface area contributed by atoms with Gasteiger partial charge in [-0.2, -0.15) is 13.2 Å². The van der Waals surface area contributed by atoms with Gasteiger partial charge in [0, 0.05) is 17.4 Å². The molecule has 10 heteroatoms. The normalized spacial score (nSPS) is 12.5. The Balaban J connectivity index is 1.67. The first-order valence-corrected chi connectivity index (χ1v) is 13.7. The summed E-state index contributed by atoms with van der Waals surface area (Å²) < 4.78 is 66.4. The second-order valence-electron chi connectivity index (χ2n) is 8.28. The van der Waals surface area contributed by atoms with E-state index in [2.05, 4.69) is 20.7 Å². The summed E-state index contributed by atoms with van der Waals surface area (Å²) >= 11 is 3.48. The second-order valence-corrected chi connectivity index (χ2v) is 11.0. The number of carboxylic acid groups (broad SMARTS) is 1. The van der Waals surface area contributed by atoms with Gasteiger partial charge < -0.3 is 5.11 Å². The van der Waals surface area contributed by atoms with Crippen LogP contribution < -0.4 is 4.72 Å². The molecule has 3 aromatic carbocycles. The molecule has 0 saturated carbocycles. The Bertz CT molecular complexity index is 1350. The number of hydrogen-bond donors (Lipinski definition) is 2. The molecule has 0 saturated heterocycles. The average Bonchev–Trinajstić information content (AvgIpc) is 2.84. The van der Waals surface area contributed by atoms with E-state index in [0.717, 1.165) is 51.0 Å². The zero-order valence-electron chi connectivity index (χ0n) is 19.6. The average molecular weight is 596 g/mol. The summed E-state index contributed by atoms with van der Waals surface area (Å²) in [6, 6.07) is 18.7. The predicted octanol–water partition coefficient (Wildman–Crippen LogP) is 6.68. The van der Waals surface area contributed by atoms with Crippen molar-refractivity contribution < 1.29 is 31.5 Å². The van der Waals surface area contributed by atoms with Crippen molar-refractivity contribution in [1.29, 1.82) is 0 Å². The van der Waals surface area contributed by atoms with Crippen LogP contribution in [-0.2, 0) is 27.4 Å². The topological polar surface area (TPSA) is 83.5 Å². The lowest BCUT2D eigenvalue weighted by atomic mass is 9.95. The molecule has 2 N–H and O–H groups in total. The van der Waals surface area contributed by atoms with Crippen molar-refractivity contribution in [2.24, 2.45) is 0 Å². The molecule has 0 atom stereocenters. The lowest BCUT2D eigenvalue weighted by Crippen LogP contribution is -2.26. The van der Waals surface area contributed by atoms with Crippen molar-refractivity contribution >= 4 is 37.5 Å². The number of carboxylic acids is 1. The molecule has 0 spiro atoms. The first-order valence-electron chi connectivity index (χ1n) is 11.4. The summed E-state index contributed by atoms with van der Waals surface area (Å²) in [5.41, 5.74) is 2.83. The van der Waals surface area contributed by atoms with Crippen molar-refractivity contribution in [1.82, 2.24) is 4.72 Å². The Hall–Kier alpha value is -2.95. The van der Waals surface area contributed by atoms with Gasteiger partial charge in [0.05, 0.1) is 10.5 Å². The van der Waals surface area contributed by atoms with E-state index >= 15 is 0 Å². The van der Waals surface area contributed by atoms with Gasteiger partial charge in [0.1, 0.15) is 0 Å². The van der Waals surface area contributed by atoms with Crippen LogP contribution in [-0.4, -0.2) is 26.0 Å². The van der Waals surface area contributed by atoms with Crippen LogP contribution in [0.5, 0.6) is 0 Å². The van der Waals surface area contributed by atoms with E-state index in [1.807, 2.05) is 54.6 Å². The first-order chi connectivity index (χ1) is 17.5. The standard InChI is InChI=1S/C27H25BrF3NO4S/c28-23-5-3-4-21(18-23)25(6-1-2-7-26(33)34)20-10-8-19(9-11-20)16-17-32-37(35,36)24-14-12-22(13-15-24)27(29,30)31/h3-6,8-15,18,32H,1-2,7,16-17H2,(H,33,34)/b25-6+. The first kappa shape index (κ1) is 28.6. The highest BCUT2D eigenvalue weighted by Crippen LogP contribution is 2.30. The maximum absolute atomic E-state index is 12.7. The summed E-state index contributed by atoms with van der Waals surface area (Å²) in [5.74, 6) is -0.837. The largest absolute Gasteiger partial charge is 0.481 e. The predicted molar refractivity (Wildman–Crippen MR) is 139 cm³/mol. The van der Waals surface area contributed by atoms with E-state index in [9.17, 15) is 26.4 Å².